The molecule has 0 atom stereocenters. The molecule has 0 saturated carbocycles. The van der Waals surface area contributed by atoms with E-state index in [1.807, 2.05) is 30.3 Å². The Morgan fingerprint density at radius 1 is 1.00 bits per heavy atom. The number of halogens is 1. The smallest absolute Gasteiger partial charge is 0.203 e. The molecule has 3 aromatic rings. The van der Waals surface area contributed by atoms with Crippen LogP contribution >= 0.6 is 11.6 Å². The normalized spacial score (nSPS) is 10.9. The molecule has 0 radical (unpaired) electrons. The lowest BCUT2D eigenvalue weighted by molar-refractivity contribution is 0.324. The number of nitrogens with one attached hydrogen (secondary N) is 1. The first kappa shape index (κ1) is 17.8. The summed E-state index contributed by atoms with van der Waals surface area (Å²) in [5, 5.41) is 5.88. The molecule has 7 heteroatoms. The Bertz CT molecular complexity index is 960. The van der Waals surface area contributed by atoms with Crippen molar-refractivity contribution in [3.8, 4) is 17.2 Å². The van der Waals surface area contributed by atoms with Crippen LogP contribution in [0.3, 0.4) is 0 Å². The second-order valence-corrected chi connectivity index (χ2v) is 5.75. The summed E-state index contributed by atoms with van der Waals surface area (Å²) < 4.78 is 16.1. The predicted octanol–water partition coefficient (Wildman–Crippen LogP) is 4.36. The number of hydrogen-bond donors (Lipinski definition) is 1. The Balaban J connectivity index is 1.90. The number of benzene rings is 2. The zero-order valence-electron chi connectivity index (χ0n) is 14.6. The quantitative estimate of drug-likeness (QED) is 0.515. The second-order valence-electron chi connectivity index (χ2n) is 5.31. The van der Waals surface area contributed by atoms with Crippen molar-refractivity contribution in [3.05, 3.63) is 53.2 Å². The van der Waals surface area contributed by atoms with Gasteiger partial charge < -0.3 is 14.2 Å². The largest absolute Gasteiger partial charge is 0.493 e. The molecule has 3 rings (SSSR count). The van der Waals surface area contributed by atoms with Crippen LogP contribution in [-0.2, 0) is 0 Å². The van der Waals surface area contributed by atoms with Crippen molar-refractivity contribution in [1.29, 1.82) is 0 Å². The minimum absolute atomic E-state index is 0.517. The fourth-order valence-electron chi connectivity index (χ4n) is 2.62. The molecule has 0 amide bonds. The number of methoxy groups -OCH3 is 3. The van der Waals surface area contributed by atoms with Gasteiger partial charge in [0.25, 0.3) is 0 Å². The number of fused-ring (bicyclic) bond motifs is 1. The van der Waals surface area contributed by atoms with E-state index in [1.165, 1.54) is 0 Å². The van der Waals surface area contributed by atoms with E-state index in [9.17, 15) is 0 Å². The Labute approximate surface area is 156 Å². The van der Waals surface area contributed by atoms with Crippen LogP contribution in [0.15, 0.2) is 47.7 Å². The van der Waals surface area contributed by atoms with Crippen molar-refractivity contribution >= 4 is 34.4 Å². The Morgan fingerprint density at radius 3 is 2.54 bits per heavy atom. The average molecular weight is 372 g/mol. The highest BCUT2D eigenvalue weighted by Gasteiger charge is 2.14. The maximum atomic E-state index is 6.02. The van der Waals surface area contributed by atoms with E-state index < -0.39 is 0 Å². The van der Waals surface area contributed by atoms with E-state index in [4.69, 9.17) is 25.8 Å². The molecule has 2 aromatic carbocycles. The highest BCUT2D eigenvalue weighted by Crippen LogP contribution is 2.39. The van der Waals surface area contributed by atoms with Gasteiger partial charge in [-0.15, -0.1) is 0 Å². The number of anilines is 1. The van der Waals surface area contributed by atoms with Crippen LogP contribution in [-0.4, -0.2) is 32.5 Å². The van der Waals surface area contributed by atoms with Crippen LogP contribution in [0.5, 0.6) is 17.2 Å². The summed E-state index contributed by atoms with van der Waals surface area (Å²) in [6, 6.07) is 11.0. The monoisotopic (exact) mass is 371 g/mol. The molecule has 134 valence electrons. The highest BCUT2D eigenvalue weighted by atomic mass is 35.5. The van der Waals surface area contributed by atoms with Crippen LogP contribution in [0, 0.1) is 0 Å². The molecule has 0 aliphatic carbocycles. The zero-order valence-corrected chi connectivity index (χ0v) is 15.4. The van der Waals surface area contributed by atoms with E-state index in [2.05, 4.69) is 15.5 Å². The first-order valence-corrected chi connectivity index (χ1v) is 8.18. The number of hydrogen-bond acceptors (Lipinski definition) is 6. The number of ether oxygens (including phenoxy) is 3. The maximum Gasteiger partial charge on any atom is 0.203 e. The molecule has 0 aliphatic rings. The van der Waals surface area contributed by atoms with E-state index in [1.54, 1.807) is 39.8 Å². The third kappa shape index (κ3) is 3.50. The summed E-state index contributed by atoms with van der Waals surface area (Å²) in [5.74, 6) is 1.65. The topological polar surface area (TPSA) is 65.0 Å². The van der Waals surface area contributed by atoms with Gasteiger partial charge in [-0.1, -0.05) is 11.6 Å². The Kier molecular flexibility index (Phi) is 5.43. The molecule has 0 aliphatic heterocycles. The summed E-state index contributed by atoms with van der Waals surface area (Å²) in [6.07, 6.45) is 3.36. The van der Waals surface area contributed by atoms with Crippen molar-refractivity contribution in [3.63, 3.8) is 0 Å². The number of hydrazone groups is 1. The standard InChI is InChI=1S/C19H18ClN3O3/c1-24-17-7-4-12(18(25-2)19(17)26-3)11-22-23-15-8-9-21-16-10-13(20)5-6-14(15)16/h4-11H,1-3H3,(H,21,23)/b22-11-. The third-order valence-corrected chi connectivity index (χ3v) is 4.06. The predicted molar refractivity (Wildman–Crippen MR) is 104 cm³/mol. The number of rotatable bonds is 6. The maximum absolute atomic E-state index is 6.02. The van der Waals surface area contributed by atoms with Crippen molar-refractivity contribution in [2.45, 2.75) is 0 Å². The third-order valence-electron chi connectivity index (χ3n) is 3.83. The number of aromatic nitrogens is 1. The van der Waals surface area contributed by atoms with Gasteiger partial charge in [-0.25, -0.2) is 0 Å². The van der Waals surface area contributed by atoms with Gasteiger partial charge in [-0.3, -0.25) is 10.4 Å². The van der Waals surface area contributed by atoms with E-state index in [-0.39, 0.29) is 0 Å². The van der Waals surface area contributed by atoms with Crippen LogP contribution < -0.4 is 19.6 Å². The lowest BCUT2D eigenvalue weighted by atomic mass is 10.2. The van der Waals surface area contributed by atoms with Crippen LogP contribution in [0.25, 0.3) is 10.9 Å². The Hall–Kier alpha value is -2.99. The molecule has 26 heavy (non-hydrogen) atoms. The van der Waals surface area contributed by atoms with Gasteiger partial charge in [0, 0.05) is 22.2 Å². The minimum Gasteiger partial charge on any atom is -0.493 e. The van der Waals surface area contributed by atoms with Crippen molar-refractivity contribution < 1.29 is 14.2 Å². The van der Waals surface area contributed by atoms with Crippen molar-refractivity contribution in [2.24, 2.45) is 5.10 Å². The van der Waals surface area contributed by atoms with Gasteiger partial charge in [0.05, 0.1) is 38.7 Å². The summed E-state index contributed by atoms with van der Waals surface area (Å²) in [4.78, 5) is 4.31. The molecule has 6 nitrogen and oxygen atoms in total. The molecule has 1 heterocycles. The zero-order chi connectivity index (χ0) is 18.5. The first-order valence-electron chi connectivity index (χ1n) is 7.80. The van der Waals surface area contributed by atoms with Crippen molar-refractivity contribution in [2.75, 3.05) is 26.8 Å². The van der Waals surface area contributed by atoms with Crippen LogP contribution in [0.1, 0.15) is 5.56 Å². The lowest BCUT2D eigenvalue weighted by Crippen LogP contribution is -1.99. The second kappa shape index (κ2) is 7.93. The van der Waals surface area contributed by atoms with E-state index in [0.29, 0.717) is 22.3 Å². The van der Waals surface area contributed by atoms with Gasteiger partial charge >= 0.3 is 0 Å². The first-order chi connectivity index (χ1) is 12.7. The molecule has 0 saturated heterocycles. The van der Waals surface area contributed by atoms with Gasteiger partial charge in [-0.2, -0.15) is 5.10 Å². The van der Waals surface area contributed by atoms with Gasteiger partial charge in [0.15, 0.2) is 11.5 Å². The number of pyridine rings is 1. The highest BCUT2D eigenvalue weighted by molar-refractivity contribution is 6.31. The van der Waals surface area contributed by atoms with Crippen molar-refractivity contribution in [1.82, 2.24) is 4.98 Å². The average Bonchev–Trinajstić information content (AvgIpc) is 2.67. The minimum atomic E-state index is 0.517. The molecule has 0 bridgehead atoms. The fraction of sp³-hybridized carbons (Fsp3) is 0.158. The van der Waals surface area contributed by atoms with E-state index >= 15 is 0 Å². The van der Waals surface area contributed by atoms with Gasteiger partial charge in [0.2, 0.25) is 5.75 Å². The molecule has 0 unspecified atom stereocenters. The van der Waals surface area contributed by atoms with Gasteiger partial charge in [-0.05, 0) is 36.4 Å². The summed E-state index contributed by atoms with van der Waals surface area (Å²) in [6.45, 7) is 0. The Morgan fingerprint density at radius 2 is 1.81 bits per heavy atom. The van der Waals surface area contributed by atoms with Crippen LogP contribution in [0.4, 0.5) is 5.69 Å². The lowest BCUT2D eigenvalue weighted by Gasteiger charge is -2.13. The molecular formula is C19H18ClN3O3. The summed E-state index contributed by atoms with van der Waals surface area (Å²) >= 11 is 6.02. The summed E-state index contributed by atoms with van der Waals surface area (Å²) in [5.41, 5.74) is 5.40. The fourth-order valence-corrected chi connectivity index (χ4v) is 2.78. The summed E-state index contributed by atoms with van der Waals surface area (Å²) in [7, 11) is 4.71. The molecule has 0 fully saturated rings. The van der Waals surface area contributed by atoms with E-state index in [0.717, 1.165) is 22.2 Å². The SMILES string of the molecule is COc1ccc(/C=N\Nc2ccnc3cc(Cl)ccc23)c(OC)c1OC. The molecule has 1 aromatic heterocycles. The number of nitrogens with zero attached hydrogens (tertiary/aromatic N) is 2. The molecular weight excluding hydrogens is 354 g/mol. The van der Waals surface area contributed by atoms with Crippen LogP contribution in [0.2, 0.25) is 5.02 Å². The van der Waals surface area contributed by atoms with Gasteiger partial charge in [0.1, 0.15) is 0 Å². The molecule has 0 spiro atoms. The molecule has 1 N–H and O–H groups in total.